The molecule has 0 amide bonds. The van der Waals surface area contributed by atoms with Gasteiger partial charge in [0, 0.05) is 24.4 Å². The number of pyridine rings is 1. The minimum Gasteiger partial charge on any atom is -0.330 e. The van der Waals surface area contributed by atoms with Gasteiger partial charge in [-0.25, -0.2) is 0 Å². The van der Waals surface area contributed by atoms with Crippen molar-refractivity contribution in [3.8, 4) is 0 Å². The van der Waals surface area contributed by atoms with Gasteiger partial charge in [0.05, 0.1) is 0 Å². The van der Waals surface area contributed by atoms with Crippen LogP contribution in [0.2, 0.25) is 0 Å². The monoisotopic (exact) mass is 190 g/mol. The lowest BCUT2D eigenvalue weighted by Crippen LogP contribution is -2.26. The molecule has 1 aliphatic rings. The Balaban J connectivity index is 2.46. The van der Waals surface area contributed by atoms with Gasteiger partial charge in [-0.2, -0.15) is 0 Å². The molecule has 1 unspecified atom stereocenters. The molecule has 1 aromatic rings. The fourth-order valence-electron chi connectivity index (χ4n) is 2.64. The first-order valence-electron chi connectivity index (χ1n) is 5.15. The topological polar surface area (TPSA) is 38.9 Å². The van der Waals surface area contributed by atoms with Gasteiger partial charge in [-0.1, -0.05) is 13.8 Å². The van der Waals surface area contributed by atoms with E-state index in [0.29, 0.717) is 5.41 Å². The third kappa shape index (κ3) is 1.10. The highest BCUT2D eigenvalue weighted by molar-refractivity contribution is 5.41. The highest BCUT2D eigenvalue weighted by Gasteiger charge is 2.61. The van der Waals surface area contributed by atoms with E-state index in [0.717, 1.165) is 6.54 Å². The highest BCUT2D eigenvalue weighted by Crippen LogP contribution is 2.64. The third-order valence-electron chi connectivity index (χ3n) is 3.80. The Labute approximate surface area is 85.5 Å². The summed E-state index contributed by atoms with van der Waals surface area (Å²) in [4.78, 5) is 4.13. The number of hydrogen-bond donors (Lipinski definition) is 1. The smallest absolute Gasteiger partial charge is 0.0300 e. The van der Waals surface area contributed by atoms with Gasteiger partial charge < -0.3 is 5.73 Å². The molecule has 2 rings (SSSR count). The average Bonchev–Trinajstić information content (AvgIpc) is 2.70. The van der Waals surface area contributed by atoms with Crippen molar-refractivity contribution in [2.24, 2.45) is 11.1 Å². The van der Waals surface area contributed by atoms with Gasteiger partial charge in [-0.05, 0) is 36.0 Å². The van der Waals surface area contributed by atoms with Gasteiger partial charge in [0.25, 0.3) is 0 Å². The molecule has 1 aromatic heterocycles. The summed E-state index contributed by atoms with van der Waals surface area (Å²) < 4.78 is 0. The molecule has 1 fully saturated rings. The second kappa shape index (κ2) is 2.80. The molecule has 14 heavy (non-hydrogen) atoms. The maximum atomic E-state index is 5.92. The summed E-state index contributed by atoms with van der Waals surface area (Å²) in [5, 5.41) is 0. The van der Waals surface area contributed by atoms with Gasteiger partial charge in [0.1, 0.15) is 0 Å². The zero-order chi connectivity index (χ0) is 10.4. The Morgan fingerprint density at radius 3 is 2.57 bits per heavy atom. The van der Waals surface area contributed by atoms with Gasteiger partial charge in [0.2, 0.25) is 0 Å². The van der Waals surface area contributed by atoms with Crippen LogP contribution in [0.5, 0.6) is 0 Å². The Hall–Kier alpha value is -0.890. The molecule has 0 spiro atoms. The van der Waals surface area contributed by atoms with E-state index in [4.69, 9.17) is 5.73 Å². The zero-order valence-electron chi connectivity index (χ0n) is 9.17. The Bertz CT molecular complexity index is 357. The Morgan fingerprint density at radius 2 is 2.14 bits per heavy atom. The number of nitrogens with two attached hydrogens (primary N) is 1. The summed E-state index contributed by atoms with van der Waals surface area (Å²) in [5.41, 5.74) is 9.14. The summed E-state index contributed by atoms with van der Waals surface area (Å²) in [7, 11) is 0. The van der Waals surface area contributed by atoms with Crippen LogP contribution in [-0.4, -0.2) is 11.5 Å². The number of nitrogens with zero attached hydrogens (tertiary/aromatic N) is 1. The number of aryl methyl sites for hydroxylation is 1. The van der Waals surface area contributed by atoms with Gasteiger partial charge in [-0.15, -0.1) is 0 Å². The summed E-state index contributed by atoms with van der Waals surface area (Å²) >= 11 is 0. The minimum absolute atomic E-state index is 0.208. The van der Waals surface area contributed by atoms with Gasteiger partial charge in [-0.3, -0.25) is 4.98 Å². The number of rotatable bonds is 2. The highest BCUT2D eigenvalue weighted by atomic mass is 14.8. The fourth-order valence-corrected chi connectivity index (χ4v) is 2.64. The van der Waals surface area contributed by atoms with Crippen LogP contribution in [0, 0.1) is 12.3 Å². The van der Waals surface area contributed by atoms with Crippen LogP contribution in [-0.2, 0) is 5.41 Å². The largest absolute Gasteiger partial charge is 0.330 e. The third-order valence-corrected chi connectivity index (χ3v) is 3.80. The Kier molecular flexibility index (Phi) is 1.93. The molecule has 0 aromatic carbocycles. The molecule has 1 aliphatic carbocycles. The molecular weight excluding hydrogens is 172 g/mol. The molecule has 2 N–H and O–H groups in total. The van der Waals surface area contributed by atoms with Crippen molar-refractivity contribution in [2.45, 2.75) is 32.6 Å². The molecule has 0 bridgehead atoms. The van der Waals surface area contributed by atoms with Crippen molar-refractivity contribution in [3.63, 3.8) is 0 Å². The molecule has 1 atom stereocenters. The van der Waals surface area contributed by atoms with E-state index in [1.807, 2.05) is 12.4 Å². The van der Waals surface area contributed by atoms with E-state index in [1.54, 1.807) is 0 Å². The minimum atomic E-state index is 0.208. The second-order valence-electron chi connectivity index (χ2n) is 5.04. The second-order valence-corrected chi connectivity index (χ2v) is 5.04. The van der Waals surface area contributed by atoms with E-state index in [2.05, 4.69) is 31.8 Å². The Morgan fingerprint density at radius 1 is 1.50 bits per heavy atom. The quantitative estimate of drug-likeness (QED) is 0.775. The van der Waals surface area contributed by atoms with Crippen LogP contribution >= 0.6 is 0 Å². The summed E-state index contributed by atoms with van der Waals surface area (Å²) in [6.45, 7) is 7.44. The average molecular weight is 190 g/mol. The normalized spacial score (nSPS) is 28.9. The summed E-state index contributed by atoms with van der Waals surface area (Å²) in [5.74, 6) is 0. The van der Waals surface area contributed by atoms with Crippen LogP contribution in [0.4, 0.5) is 0 Å². The maximum absolute atomic E-state index is 5.92. The van der Waals surface area contributed by atoms with E-state index in [-0.39, 0.29) is 5.41 Å². The molecule has 0 saturated heterocycles. The van der Waals surface area contributed by atoms with Crippen LogP contribution < -0.4 is 5.73 Å². The predicted molar refractivity (Wildman–Crippen MR) is 58.1 cm³/mol. The van der Waals surface area contributed by atoms with Crippen molar-refractivity contribution >= 4 is 0 Å². The molecule has 2 heteroatoms. The lowest BCUT2D eigenvalue weighted by atomic mass is 9.86. The first-order valence-corrected chi connectivity index (χ1v) is 5.15. The van der Waals surface area contributed by atoms with E-state index in [1.165, 1.54) is 17.5 Å². The van der Waals surface area contributed by atoms with Crippen LogP contribution in [0.15, 0.2) is 18.5 Å². The van der Waals surface area contributed by atoms with Crippen LogP contribution in [0.25, 0.3) is 0 Å². The molecule has 1 heterocycles. The lowest BCUT2D eigenvalue weighted by Gasteiger charge is -2.20. The van der Waals surface area contributed by atoms with Crippen molar-refractivity contribution in [2.75, 3.05) is 6.54 Å². The number of aromatic nitrogens is 1. The first-order chi connectivity index (χ1) is 6.53. The molecule has 2 nitrogen and oxygen atoms in total. The molecule has 76 valence electrons. The van der Waals surface area contributed by atoms with Crippen molar-refractivity contribution in [3.05, 3.63) is 29.6 Å². The van der Waals surface area contributed by atoms with Gasteiger partial charge >= 0.3 is 0 Å². The van der Waals surface area contributed by atoms with E-state index in [9.17, 15) is 0 Å². The van der Waals surface area contributed by atoms with Gasteiger partial charge in [0.15, 0.2) is 0 Å². The number of hydrogen-bond acceptors (Lipinski definition) is 2. The SMILES string of the molecule is Cc1cnccc1C1(CN)CC1(C)C. The molecule has 0 radical (unpaired) electrons. The molecular formula is C12H18N2. The first kappa shape index (κ1) is 9.66. The fraction of sp³-hybridized carbons (Fsp3) is 0.583. The van der Waals surface area contributed by atoms with Crippen molar-refractivity contribution in [1.82, 2.24) is 4.98 Å². The zero-order valence-corrected chi connectivity index (χ0v) is 9.17. The van der Waals surface area contributed by atoms with Crippen LogP contribution in [0.1, 0.15) is 31.4 Å². The van der Waals surface area contributed by atoms with Crippen molar-refractivity contribution in [1.29, 1.82) is 0 Å². The van der Waals surface area contributed by atoms with Crippen LogP contribution in [0.3, 0.4) is 0 Å². The lowest BCUT2D eigenvalue weighted by molar-refractivity contribution is 0.500. The molecule has 0 aliphatic heterocycles. The standard InChI is InChI=1S/C12H18N2/c1-9-6-14-5-4-10(9)12(8-13)7-11(12,2)3/h4-6H,7-8,13H2,1-3H3. The maximum Gasteiger partial charge on any atom is 0.0300 e. The predicted octanol–water partition coefficient (Wildman–Crippen LogP) is 2.02. The summed E-state index contributed by atoms with van der Waals surface area (Å²) in [6.07, 6.45) is 5.00. The van der Waals surface area contributed by atoms with E-state index < -0.39 is 0 Å². The molecule has 1 saturated carbocycles. The van der Waals surface area contributed by atoms with Crippen molar-refractivity contribution < 1.29 is 0 Å². The van der Waals surface area contributed by atoms with E-state index >= 15 is 0 Å². The summed E-state index contributed by atoms with van der Waals surface area (Å²) in [6, 6.07) is 2.12.